The molecule has 0 saturated carbocycles. The molecule has 5 rings (SSSR count). The van der Waals surface area contributed by atoms with Crippen LogP contribution in [-0.4, -0.2) is 84.9 Å². The minimum Gasteiger partial charge on any atom is -0.493 e. The Hall–Kier alpha value is -3.57. The van der Waals surface area contributed by atoms with Crippen LogP contribution < -0.4 is 20.7 Å². The summed E-state index contributed by atoms with van der Waals surface area (Å²) in [5, 5.41) is 8.72. The number of fused-ring (bicyclic) bond motifs is 2. The molecule has 2 fully saturated rings. The normalized spacial score (nSPS) is 25.1. The van der Waals surface area contributed by atoms with Gasteiger partial charge in [0.15, 0.2) is 0 Å². The van der Waals surface area contributed by atoms with Crippen molar-refractivity contribution in [2.75, 3.05) is 33.3 Å². The first-order valence-electron chi connectivity index (χ1n) is 13.6. The average molecular weight is 556 g/mol. The molecule has 0 aliphatic carbocycles. The number of likely N-dealkylation sites (N-methyl/N-ethyl adjacent to an activating group) is 1. The Balaban J connectivity index is 1.44. The van der Waals surface area contributed by atoms with Crippen molar-refractivity contribution in [2.24, 2.45) is 0 Å². The number of benzene rings is 2. The van der Waals surface area contributed by atoms with Crippen LogP contribution in [0.15, 0.2) is 54.6 Å². The highest BCUT2D eigenvalue weighted by Crippen LogP contribution is 2.37. The predicted octanol–water partition coefficient (Wildman–Crippen LogP) is 2.01. The smallest absolute Gasteiger partial charge is 0.262 e. The van der Waals surface area contributed by atoms with Crippen molar-refractivity contribution in [3.8, 4) is 5.75 Å². The molecule has 2 aromatic carbocycles. The third-order valence-corrected chi connectivity index (χ3v) is 8.03. The van der Waals surface area contributed by atoms with Crippen LogP contribution in [-0.2, 0) is 14.4 Å². The molecule has 0 aromatic heterocycles. The number of piperazine rings is 1. The van der Waals surface area contributed by atoms with Crippen molar-refractivity contribution in [1.29, 1.82) is 0 Å². The van der Waals surface area contributed by atoms with Crippen molar-refractivity contribution >= 4 is 17.7 Å². The standard InChI is InChI=1S/C29H35F2N5O4/c1-18(32-2)26(37)34-25(19-8-4-3-5-9-19)28(39)36-15-20-14-29(30,31)17-35(20)16-23(36)27(38)33-22-12-13-40-24-11-7-6-10-21(22)24/h3-11,18,20,22-23,25,32H,12-17H2,1-2H3,(H,33,38)(H,34,37)/t18-,20+,22+,23-,25-/m0/s1. The van der Waals surface area contributed by atoms with E-state index in [0.29, 0.717) is 24.3 Å². The zero-order chi connectivity index (χ0) is 28.4. The van der Waals surface area contributed by atoms with Gasteiger partial charge < -0.3 is 25.6 Å². The number of alkyl halides is 2. The van der Waals surface area contributed by atoms with Gasteiger partial charge in [-0.1, -0.05) is 48.5 Å². The second kappa shape index (κ2) is 11.5. The zero-order valence-electron chi connectivity index (χ0n) is 22.6. The molecule has 0 unspecified atom stereocenters. The maximum atomic E-state index is 14.4. The molecule has 3 heterocycles. The predicted molar refractivity (Wildman–Crippen MR) is 144 cm³/mol. The number of carbonyl (C=O) groups excluding carboxylic acids is 3. The molecular formula is C29H35F2N5O4. The Labute approximate surface area is 232 Å². The molecule has 40 heavy (non-hydrogen) atoms. The molecule has 0 radical (unpaired) electrons. The number of para-hydroxylation sites is 1. The van der Waals surface area contributed by atoms with Gasteiger partial charge in [-0.05, 0) is 25.6 Å². The van der Waals surface area contributed by atoms with E-state index in [1.807, 2.05) is 24.3 Å². The van der Waals surface area contributed by atoms with Gasteiger partial charge in [-0.25, -0.2) is 8.78 Å². The maximum Gasteiger partial charge on any atom is 0.262 e. The summed E-state index contributed by atoms with van der Waals surface area (Å²) in [4.78, 5) is 43.9. The molecule has 0 bridgehead atoms. The van der Waals surface area contributed by atoms with Gasteiger partial charge in [-0.2, -0.15) is 0 Å². The molecule has 3 amide bonds. The first kappa shape index (κ1) is 28.0. The summed E-state index contributed by atoms with van der Waals surface area (Å²) in [6, 6.07) is 12.6. The Morgan fingerprint density at radius 3 is 2.52 bits per heavy atom. The van der Waals surface area contributed by atoms with Crippen molar-refractivity contribution < 1.29 is 27.9 Å². The van der Waals surface area contributed by atoms with E-state index in [9.17, 15) is 23.2 Å². The molecule has 0 spiro atoms. The van der Waals surface area contributed by atoms with Crippen LogP contribution in [0.4, 0.5) is 8.78 Å². The van der Waals surface area contributed by atoms with E-state index < -0.39 is 60.8 Å². The second-order valence-corrected chi connectivity index (χ2v) is 10.7. The van der Waals surface area contributed by atoms with Crippen molar-refractivity contribution in [2.45, 2.75) is 55.9 Å². The monoisotopic (exact) mass is 555 g/mol. The van der Waals surface area contributed by atoms with E-state index >= 15 is 0 Å². The highest BCUT2D eigenvalue weighted by molar-refractivity contribution is 5.94. The Morgan fingerprint density at radius 2 is 1.77 bits per heavy atom. The van der Waals surface area contributed by atoms with E-state index in [1.54, 1.807) is 49.2 Å². The number of amides is 3. The van der Waals surface area contributed by atoms with E-state index in [1.165, 1.54) is 4.90 Å². The third kappa shape index (κ3) is 5.80. The van der Waals surface area contributed by atoms with Crippen LogP contribution in [0, 0.1) is 0 Å². The fourth-order valence-corrected chi connectivity index (χ4v) is 5.76. The first-order chi connectivity index (χ1) is 19.2. The number of ether oxygens (including phenoxy) is 1. The van der Waals surface area contributed by atoms with Crippen LogP contribution in [0.3, 0.4) is 0 Å². The van der Waals surface area contributed by atoms with E-state index in [4.69, 9.17) is 4.74 Å². The lowest BCUT2D eigenvalue weighted by Gasteiger charge is -2.44. The number of halogens is 2. The molecule has 2 aromatic rings. The average Bonchev–Trinajstić information content (AvgIpc) is 3.27. The summed E-state index contributed by atoms with van der Waals surface area (Å²) in [6.45, 7) is 1.56. The molecule has 3 aliphatic rings. The maximum absolute atomic E-state index is 14.4. The number of rotatable bonds is 7. The van der Waals surface area contributed by atoms with Gasteiger partial charge in [0.25, 0.3) is 11.8 Å². The number of hydrogen-bond acceptors (Lipinski definition) is 6. The van der Waals surface area contributed by atoms with E-state index in [0.717, 1.165) is 5.56 Å². The quantitative estimate of drug-likeness (QED) is 0.483. The highest BCUT2D eigenvalue weighted by atomic mass is 19.3. The summed E-state index contributed by atoms with van der Waals surface area (Å²) < 4.78 is 34.6. The van der Waals surface area contributed by atoms with Gasteiger partial charge in [0.2, 0.25) is 11.8 Å². The summed E-state index contributed by atoms with van der Waals surface area (Å²) in [5.41, 5.74) is 1.37. The van der Waals surface area contributed by atoms with Gasteiger partial charge in [-0.15, -0.1) is 0 Å². The minimum absolute atomic E-state index is 0.0227. The summed E-state index contributed by atoms with van der Waals surface area (Å²) in [7, 11) is 1.64. The lowest BCUT2D eigenvalue weighted by molar-refractivity contribution is -0.148. The lowest BCUT2D eigenvalue weighted by Crippen LogP contribution is -2.64. The van der Waals surface area contributed by atoms with Crippen LogP contribution >= 0.6 is 0 Å². The van der Waals surface area contributed by atoms with Crippen LogP contribution in [0.1, 0.15) is 43.0 Å². The van der Waals surface area contributed by atoms with E-state index in [2.05, 4.69) is 16.0 Å². The molecule has 3 aliphatic heterocycles. The molecular weight excluding hydrogens is 520 g/mol. The molecule has 11 heteroatoms. The molecule has 9 nitrogen and oxygen atoms in total. The Bertz CT molecular complexity index is 1250. The van der Waals surface area contributed by atoms with E-state index in [-0.39, 0.29) is 19.1 Å². The van der Waals surface area contributed by atoms with Crippen LogP contribution in [0.5, 0.6) is 5.75 Å². The van der Waals surface area contributed by atoms with Gasteiger partial charge in [-0.3, -0.25) is 19.3 Å². The largest absolute Gasteiger partial charge is 0.493 e. The minimum atomic E-state index is -2.90. The number of hydrogen-bond donors (Lipinski definition) is 3. The van der Waals surface area contributed by atoms with Gasteiger partial charge in [0.05, 0.1) is 25.2 Å². The summed E-state index contributed by atoms with van der Waals surface area (Å²) >= 11 is 0. The fraction of sp³-hybridized carbons (Fsp3) is 0.483. The molecule has 214 valence electrons. The summed E-state index contributed by atoms with van der Waals surface area (Å²) in [6.07, 6.45) is 0.149. The lowest BCUT2D eigenvalue weighted by atomic mass is 9.98. The van der Waals surface area contributed by atoms with Crippen molar-refractivity contribution in [1.82, 2.24) is 25.8 Å². The number of nitrogens with zero attached hydrogens (tertiary/aromatic N) is 2. The van der Waals surface area contributed by atoms with Crippen LogP contribution in [0.2, 0.25) is 0 Å². The van der Waals surface area contributed by atoms with Crippen molar-refractivity contribution in [3.05, 3.63) is 65.7 Å². The van der Waals surface area contributed by atoms with Gasteiger partial charge in [0.1, 0.15) is 17.8 Å². The number of nitrogens with one attached hydrogen (secondary N) is 3. The Morgan fingerprint density at radius 1 is 1.05 bits per heavy atom. The van der Waals surface area contributed by atoms with Crippen molar-refractivity contribution in [3.63, 3.8) is 0 Å². The SMILES string of the molecule is CN[C@@H](C)C(=O)N[C@H](C(=O)N1C[C@H]2CC(F)(F)CN2C[C@H]1C(=O)N[C@@H]1CCOc2ccccc21)c1ccccc1. The molecule has 5 atom stereocenters. The van der Waals surface area contributed by atoms with Crippen LogP contribution in [0.25, 0.3) is 0 Å². The topological polar surface area (TPSA) is 103 Å². The fourth-order valence-electron chi connectivity index (χ4n) is 5.76. The van der Waals surface area contributed by atoms with Gasteiger partial charge >= 0.3 is 0 Å². The first-order valence-corrected chi connectivity index (χ1v) is 13.6. The number of carbonyl (C=O) groups is 3. The second-order valence-electron chi connectivity index (χ2n) is 10.7. The van der Waals surface area contributed by atoms with Gasteiger partial charge in [0, 0.05) is 37.5 Å². The third-order valence-electron chi connectivity index (χ3n) is 8.03. The highest BCUT2D eigenvalue weighted by Gasteiger charge is 2.52. The summed E-state index contributed by atoms with van der Waals surface area (Å²) in [5.74, 6) is -3.55. The Kier molecular flexibility index (Phi) is 8.04. The molecule has 3 N–H and O–H groups in total. The zero-order valence-corrected chi connectivity index (χ0v) is 22.6. The molecule has 2 saturated heterocycles.